The third-order valence-electron chi connectivity index (χ3n) is 4.70. The van der Waals surface area contributed by atoms with Crippen molar-refractivity contribution in [2.45, 2.75) is 32.0 Å². The molecular formula is C19H22F3N5O. The number of hydrogen-bond donors (Lipinski definition) is 2. The average Bonchev–Trinajstić information content (AvgIpc) is 2.67. The van der Waals surface area contributed by atoms with E-state index >= 15 is 0 Å². The summed E-state index contributed by atoms with van der Waals surface area (Å²) in [5.41, 5.74) is 3.86. The molecule has 0 amide bonds. The van der Waals surface area contributed by atoms with Crippen LogP contribution < -0.4 is 16.0 Å². The molecule has 0 bridgehead atoms. The second-order valence-electron chi connectivity index (χ2n) is 6.71. The van der Waals surface area contributed by atoms with E-state index < -0.39 is 23.2 Å². The van der Waals surface area contributed by atoms with Gasteiger partial charge >= 0.3 is 6.18 Å². The molecule has 2 aromatic rings. The summed E-state index contributed by atoms with van der Waals surface area (Å²) in [6.07, 6.45) is -1.39. The fraction of sp³-hybridized carbons (Fsp3) is 0.421. The number of aromatic nitrogens is 2. The van der Waals surface area contributed by atoms with Crippen LogP contribution in [0.1, 0.15) is 41.4 Å². The first kappa shape index (κ1) is 20.1. The minimum absolute atomic E-state index is 0.0955. The summed E-state index contributed by atoms with van der Waals surface area (Å²) in [4.78, 5) is 22.6. The minimum Gasteiger partial charge on any atom is -0.383 e. The van der Waals surface area contributed by atoms with Gasteiger partial charge in [0.15, 0.2) is 0 Å². The lowest BCUT2D eigenvalue weighted by molar-refractivity contribution is -0.138. The number of carbonyl (C=O) groups is 1. The zero-order valence-electron chi connectivity index (χ0n) is 15.5. The number of nitrogens with zero attached hydrogens (tertiary/aromatic N) is 3. The normalized spacial score (nSPS) is 17.6. The third-order valence-corrected chi connectivity index (χ3v) is 4.70. The highest BCUT2D eigenvalue weighted by atomic mass is 19.4. The number of nitrogens with one attached hydrogen (secondary N) is 1. The van der Waals surface area contributed by atoms with E-state index in [1.807, 2.05) is 4.90 Å². The summed E-state index contributed by atoms with van der Waals surface area (Å²) in [5, 5.41) is 3.38. The number of pyridine rings is 2. The summed E-state index contributed by atoms with van der Waals surface area (Å²) in [6.45, 7) is 3.99. The van der Waals surface area contributed by atoms with Gasteiger partial charge in [-0.15, -0.1) is 0 Å². The third kappa shape index (κ3) is 4.24. The fourth-order valence-electron chi connectivity index (χ4n) is 3.34. The Balaban J connectivity index is 2.01. The van der Waals surface area contributed by atoms with E-state index in [1.54, 1.807) is 0 Å². The van der Waals surface area contributed by atoms with E-state index in [9.17, 15) is 18.0 Å². The van der Waals surface area contributed by atoms with Crippen molar-refractivity contribution in [3.63, 3.8) is 0 Å². The lowest BCUT2D eigenvalue weighted by Gasteiger charge is -2.34. The highest BCUT2D eigenvalue weighted by Crippen LogP contribution is 2.34. The van der Waals surface area contributed by atoms with Crippen LogP contribution in [0.2, 0.25) is 0 Å². The molecule has 3 heterocycles. The lowest BCUT2D eigenvalue weighted by Crippen LogP contribution is -2.51. The number of ketones is 1. The highest BCUT2D eigenvalue weighted by molar-refractivity contribution is 6.11. The summed E-state index contributed by atoms with van der Waals surface area (Å²) < 4.78 is 40.5. The Bertz CT molecular complexity index is 854. The largest absolute Gasteiger partial charge is 0.418 e. The predicted octanol–water partition coefficient (Wildman–Crippen LogP) is 2.89. The summed E-state index contributed by atoms with van der Waals surface area (Å²) in [7, 11) is 0. The number of halogens is 3. The molecule has 9 heteroatoms. The molecular weight excluding hydrogens is 371 g/mol. The smallest absolute Gasteiger partial charge is 0.383 e. The molecule has 3 rings (SSSR count). The molecule has 2 aromatic heterocycles. The first-order valence-electron chi connectivity index (χ1n) is 9.13. The van der Waals surface area contributed by atoms with Gasteiger partial charge in [-0.25, -0.2) is 9.97 Å². The van der Waals surface area contributed by atoms with Crippen molar-refractivity contribution >= 4 is 17.4 Å². The van der Waals surface area contributed by atoms with E-state index in [0.29, 0.717) is 25.5 Å². The summed E-state index contributed by atoms with van der Waals surface area (Å²) in [5.74, 6) is -0.667. The van der Waals surface area contributed by atoms with Gasteiger partial charge < -0.3 is 16.0 Å². The van der Waals surface area contributed by atoms with Crippen molar-refractivity contribution in [3.05, 3.63) is 47.3 Å². The van der Waals surface area contributed by atoms with Crippen molar-refractivity contribution in [2.24, 2.45) is 0 Å². The standard InChI is InChI=1S/C19H22F3N5O/c1-2-4-12-11-27(10-9-24-12)15-7-6-14(19(20,21)22)16(26-15)17(28)13-5-3-8-25-18(13)23/h3,5-8,12,24H,2,4,9-11H2,1H3,(H2,23,25). The number of rotatable bonds is 5. The summed E-state index contributed by atoms with van der Waals surface area (Å²) in [6, 6.07) is 5.27. The molecule has 0 saturated carbocycles. The fourth-order valence-corrected chi connectivity index (χ4v) is 3.34. The van der Waals surface area contributed by atoms with Crippen LogP contribution in [0.15, 0.2) is 30.5 Å². The minimum atomic E-state index is -4.71. The first-order valence-corrected chi connectivity index (χ1v) is 9.13. The molecule has 1 aliphatic rings. The second kappa shape index (κ2) is 8.14. The molecule has 1 fully saturated rings. The van der Waals surface area contributed by atoms with Crippen LogP contribution in [0, 0.1) is 0 Å². The lowest BCUT2D eigenvalue weighted by atomic mass is 10.0. The van der Waals surface area contributed by atoms with Crippen LogP contribution >= 0.6 is 0 Å². The van der Waals surface area contributed by atoms with Gasteiger partial charge in [0.1, 0.15) is 17.3 Å². The highest BCUT2D eigenvalue weighted by Gasteiger charge is 2.37. The molecule has 6 nitrogen and oxygen atoms in total. The Morgan fingerprint density at radius 3 is 2.82 bits per heavy atom. The van der Waals surface area contributed by atoms with Crippen molar-refractivity contribution < 1.29 is 18.0 Å². The number of nitrogens with two attached hydrogens (primary N) is 1. The van der Waals surface area contributed by atoms with E-state index in [1.165, 1.54) is 24.4 Å². The number of anilines is 2. The Kier molecular flexibility index (Phi) is 5.83. The number of piperazine rings is 1. The second-order valence-corrected chi connectivity index (χ2v) is 6.71. The zero-order chi connectivity index (χ0) is 20.3. The van der Waals surface area contributed by atoms with Crippen LogP contribution in [0.3, 0.4) is 0 Å². The monoisotopic (exact) mass is 393 g/mol. The van der Waals surface area contributed by atoms with Gasteiger partial charge in [-0.1, -0.05) is 13.3 Å². The van der Waals surface area contributed by atoms with Crippen LogP contribution in [0.5, 0.6) is 0 Å². The van der Waals surface area contributed by atoms with E-state index in [4.69, 9.17) is 5.73 Å². The van der Waals surface area contributed by atoms with Crippen LogP contribution in [-0.2, 0) is 6.18 Å². The van der Waals surface area contributed by atoms with Crippen molar-refractivity contribution in [1.29, 1.82) is 0 Å². The van der Waals surface area contributed by atoms with E-state index in [2.05, 4.69) is 22.2 Å². The molecule has 1 unspecified atom stereocenters. The van der Waals surface area contributed by atoms with Gasteiger partial charge in [0, 0.05) is 31.9 Å². The van der Waals surface area contributed by atoms with Gasteiger partial charge in [-0.3, -0.25) is 4.79 Å². The molecule has 0 radical (unpaired) electrons. The Hall–Kier alpha value is -2.68. The predicted molar refractivity (Wildman–Crippen MR) is 100 cm³/mol. The molecule has 0 aliphatic carbocycles. The maximum Gasteiger partial charge on any atom is 0.418 e. The van der Waals surface area contributed by atoms with Gasteiger partial charge in [0.25, 0.3) is 0 Å². The van der Waals surface area contributed by atoms with Gasteiger partial charge in [-0.05, 0) is 30.7 Å². The van der Waals surface area contributed by atoms with Crippen molar-refractivity contribution in [1.82, 2.24) is 15.3 Å². The molecule has 1 atom stereocenters. The van der Waals surface area contributed by atoms with Crippen LogP contribution in [0.4, 0.5) is 24.8 Å². The zero-order valence-corrected chi connectivity index (χ0v) is 15.5. The molecule has 1 aliphatic heterocycles. The van der Waals surface area contributed by atoms with E-state index in [-0.39, 0.29) is 17.4 Å². The Labute approximate surface area is 161 Å². The van der Waals surface area contributed by atoms with Gasteiger partial charge in [0.2, 0.25) is 5.78 Å². The number of alkyl halides is 3. The first-order chi connectivity index (χ1) is 13.3. The van der Waals surface area contributed by atoms with Crippen LogP contribution in [-0.4, -0.2) is 41.4 Å². The van der Waals surface area contributed by atoms with Crippen molar-refractivity contribution in [2.75, 3.05) is 30.3 Å². The molecule has 3 N–H and O–H groups in total. The summed E-state index contributed by atoms with van der Waals surface area (Å²) >= 11 is 0. The van der Waals surface area contributed by atoms with Gasteiger partial charge in [-0.2, -0.15) is 13.2 Å². The SMILES string of the molecule is CCCC1CN(c2ccc(C(F)(F)F)c(C(=O)c3cccnc3N)n2)CCN1. The topological polar surface area (TPSA) is 84.1 Å². The number of carbonyl (C=O) groups excluding carboxylic acids is 1. The number of hydrogen-bond acceptors (Lipinski definition) is 6. The maximum absolute atomic E-state index is 13.5. The Morgan fingerprint density at radius 1 is 1.36 bits per heavy atom. The molecule has 0 aromatic carbocycles. The average molecular weight is 393 g/mol. The quantitative estimate of drug-likeness (QED) is 0.760. The molecule has 0 spiro atoms. The number of nitrogen functional groups attached to an aromatic ring is 1. The molecule has 1 saturated heterocycles. The van der Waals surface area contributed by atoms with E-state index in [0.717, 1.165) is 18.9 Å². The Morgan fingerprint density at radius 2 is 2.14 bits per heavy atom. The molecule has 28 heavy (non-hydrogen) atoms. The van der Waals surface area contributed by atoms with Crippen LogP contribution in [0.25, 0.3) is 0 Å². The molecule has 150 valence electrons. The maximum atomic E-state index is 13.5. The van der Waals surface area contributed by atoms with Crippen molar-refractivity contribution in [3.8, 4) is 0 Å². The van der Waals surface area contributed by atoms with Gasteiger partial charge in [0.05, 0.1) is 11.1 Å².